The van der Waals surface area contributed by atoms with Crippen molar-refractivity contribution >= 4 is 23.0 Å². The van der Waals surface area contributed by atoms with Gasteiger partial charge in [0.1, 0.15) is 18.3 Å². The zero-order chi connectivity index (χ0) is 12.2. The summed E-state index contributed by atoms with van der Waals surface area (Å²) in [6.45, 7) is 3.80. The van der Waals surface area contributed by atoms with Crippen LogP contribution in [0.1, 0.15) is 13.8 Å². The van der Waals surface area contributed by atoms with E-state index in [1.165, 1.54) is 0 Å². The molecule has 0 unspecified atom stereocenters. The molecule has 6 nitrogen and oxygen atoms in total. The summed E-state index contributed by atoms with van der Waals surface area (Å²) < 4.78 is 37.7. The molecule has 0 N–H and O–H groups in total. The van der Waals surface area contributed by atoms with Crippen LogP contribution >= 0.6 is 11.6 Å². The fraction of sp³-hybridized carbons (Fsp3) is 1.00. The van der Waals surface area contributed by atoms with Crippen LogP contribution in [0.2, 0.25) is 0 Å². The minimum atomic E-state index is -1.71. The van der Waals surface area contributed by atoms with E-state index in [-0.39, 0.29) is 12.7 Å². The maximum absolute atomic E-state index is 11.0. The van der Waals surface area contributed by atoms with Gasteiger partial charge in [-0.15, -0.1) is 11.6 Å². The molecular formula is C9H13ClO6S. The number of fused-ring (bicyclic) bond motifs is 1. The van der Waals surface area contributed by atoms with Gasteiger partial charge in [-0.05, 0) is 13.8 Å². The summed E-state index contributed by atoms with van der Waals surface area (Å²) in [5.74, 6) is -0.691. The van der Waals surface area contributed by atoms with E-state index in [0.717, 1.165) is 0 Å². The Morgan fingerprint density at radius 3 is 2.65 bits per heavy atom. The largest absolute Gasteiger partial charge is 0.342 e. The van der Waals surface area contributed by atoms with Crippen LogP contribution < -0.4 is 0 Å². The second-order valence-corrected chi connectivity index (χ2v) is 5.98. The molecule has 0 aliphatic carbocycles. The highest BCUT2D eigenvalue weighted by molar-refractivity contribution is 7.75. The Hall–Kier alpha value is 0.240. The van der Waals surface area contributed by atoms with Crippen molar-refractivity contribution in [3.63, 3.8) is 0 Å². The summed E-state index contributed by atoms with van der Waals surface area (Å²) in [6, 6.07) is 0. The Labute approximate surface area is 106 Å². The molecule has 0 radical (unpaired) electrons. The fourth-order valence-corrected chi connectivity index (χ4v) is 3.28. The molecule has 0 bridgehead atoms. The van der Waals surface area contributed by atoms with Gasteiger partial charge in [0.2, 0.25) is 0 Å². The second kappa shape index (κ2) is 4.12. The predicted molar refractivity (Wildman–Crippen MR) is 57.3 cm³/mol. The van der Waals surface area contributed by atoms with E-state index in [1.807, 2.05) is 0 Å². The summed E-state index contributed by atoms with van der Waals surface area (Å²) in [6.07, 6.45) is -1.72. The van der Waals surface area contributed by atoms with Crippen LogP contribution in [0.25, 0.3) is 0 Å². The average Bonchev–Trinajstić information content (AvgIpc) is 2.83. The molecule has 3 rings (SSSR count). The quantitative estimate of drug-likeness (QED) is 0.652. The van der Waals surface area contributed by atoms with Crippen molar-refractivity contribution < 1.29 is 26.8 Å². The SMILES string of the molecule is CC1(C)O[C@H]2O[C@@H]([C@@H]3CO[S@@](=O)O3)[C@H](Cl)[C@@H]2O1. The van der Waals surface area contributed by atoms with Gasteiger partial charge in [0.05, 0.1) is 12.0 Å². The zero-order valence-corrected chi connectivity index (χ0v) is 10.9. The van der Waals surface area contributed by atoms with Gasteiger partial charge in [0, 0.05) is 0 Å². The van der Waals surface area contributed by atoms with Gasteiger partial charge in [-0.2, -0.15) is 4.21 Å². The van der Waals surface area contributed by atoms with E-state index >= 15 is 0 Å². The molecule has 3 aliphatic heterocycles. The van der Waals surface area contributed by atoms with E-state index < -0.39 is 41.0 Å². The van der Waals surface area contributed by atoms with Crippen LogP contribution in [0, 0.1) is 0 Å². The van der Waals surface area contributed by atoms with E-state index in [2.05, 4.69) is 0 Å². The lowest BCUT2D eigenvalue weighted by atomic mass is 10.1. The minimum absolute atomic E-state index is 0.198. The molecule has 98 valence electrons. The molecule has 0 amide bonds. The maximum Gasteiger partial charge on any atom is 0.305 e. The van der Waals surface area contributed by atoms with E-state index in [9.17, 15) is 4.21 Å². The minimum Gasteiger partial charge on any atom is -0.342 e. The van der Waals surface area contributed by atoms with Crippen LogP contribution in [-0.4, -0.2) is 46.6 Å². The molecule has 0 aromatic carbocycles. The van der Waals surface area contributed by atoms with Crippen molar-refractivity contribution in [1.82, 2.24) is 0 Å². The lowest BCUT2D eigenvalue weighted by molar-refractivity contribution is -0.211. The molecule has 3 heterocycles. The summed E-state index contributed by atoms with van der Waals surface area (Å²) in [4.78, 5) is 0. The van der Waals surface area contributed by atoms with Crippen molar-refractivity contribution in [2.24, 2.45) is 0 Å². The van der Waals surface area contributed by atoms with Gasteiger partial charge < -0.3 is 14.2 Å². The molecule has 3 aliphatic rings. The fourth-order valence-electron chi connectivity index (χ4n) is 2.22. The molecule has 0 aromatic heterocycles. The van der Waals surface area contributed by atoms with Gasteiger partial charge in [-0.25, -0.2) is 0 Å². The first-order chi connectivity index (χ1) is 7.96. The van der Waals surface area contributed by atoms with E-state index in [1.54, 1.807) is 13.8 Å². The molecule has 3 fully saturated rings. The highest BCUT2D eigenvalue weighted by Gasteiger charge is 2.57. The topological polar surface area (TPSA) is 63.2 Å². The van der Waals surface area contributed by atoms with E-state index in [0.29, 0.717) is 0 Å². The number of hydrogen-bond donors (Lipinski definition) is 0. The summed E-state index contributed by atoms with van der Waals surface area (Å²) in [7, 11) is 0. The first kappa shape index (κ1) is 12.3. The Bertz CT molecular complexity index is 350. The van der Waals surface area contributed by atoms with Gasteiger partial charge in [0.15, 0.2) is 12.1 Å². The van der Waals surface area contributed by atoms with Crippen molar-refractivity contribution in [3.8, 4) is 0 Å². The predicted octanol–water partition coefficient (Wildman–Crippen LogP) is 0.464. The number of rotatable bonds is 1. The Balaban J connectivity index is 1.70. The average molecular weight is 285 g/mol. The Morgan fingerprint density at radius 1 is 1.29 bits per heavy atom. The molecule has 3 saturated heterocycles. The lowest BCUT2D eigenvalue weighted by Gasteiger charge is -2.24. The zero-order valence-electron chi connectivity index (χ0n) is 9.33. The normalized spacial score (nSPS) is 52.9. The van der Waals surface area contributed by atoms with Crippen molar-refractivity contribution in [3.05, 3.63) is 0 Å². The second-order valence-electron chi connectivity index (χ2n) is 4.64. The molecule has 6 atom stereocenters. The third-order valence-electron chi connectivity index (χ3n) is 2.90. The molecule has 17 heavy (non-hydrogen) atoms. The van der Waals surface area contributed by atoms with Crippen molar-refractivity contribution in [2.75, 3.05) is 6.61 Å². The number of hydrogen-bond acceptors (Lipinski definition) is 6. The molecular weight excluding hydrogens is 272 g/mol. The molecule has 0 saturated carbocycles. The highest BCUT2D eigenvalue weighted by Crippen LogP contribution is 2.41. The highest BCUT2D eigenvalue weighted by atomic mass is 35.5. The molecule has 8 heteroatoms. The monoisotopic (exact) mass is 284 g/mol. The number of ether oxygens (including phenoxy) is 3. The van der Waals surface area contributed by atoms with Gasteiger partial charge >= 0.3 is 11.4 Å². The number of halogens is 1. The third kappa shape index (κ3) is 2.14. The van der Waals surface area contributed by atoms with Crippen molar-refractivity contribution in [1.29, 1.82) is 0 Å². The van der Waals surface area contributed by atoms with Crippen molar-refractivity contribution in [2.45, 2.75) is 49.6 Å². The van der Waals surface area contributed by atoms with E-state index in [4.69, 9.17) is 34.2 Å². The Kier molecular flexibility index (Phi) is 2.98. The van der Waals surface area contributed by atoms with Gasteiger partial charge in [-0.3, -0.25) is 8.37 Å². The maximum atomic E-state index is 11.0. The summed E-state index contributed by atoms with van der Waals surface area (Å²) in [5, 5.41) is -0.412. The third-order valence-corrected chi connectivity index (χ3v) is 4.13. The first-order valence-corrected chi connectivity index (χ1v) is 6.77. The van der Waals surface area contributed by atoms with Crippen LogP contribution in [0.4, 0.5) is 0 Å². The van der Waals surface area contributed by atoms with Gasteiger partial charge in [0.25, 0.3) is 0 Å². The standard InChI is InChI=1S/C9H13ClO6S/c1-9(2)14-7-5(10)6(13-8(7)15-9)4-3-12-17(11)16-4/h4-8H,3H2,1-2H3/t4-,5-,6-,7-,8+,17+/m0/s1. The lowest BCUT2D eigenvalue weighted by Crippen LogP contribution is -2.38. The summed E-state index contributed by atoms with van der Waals surface area (Å²) >= 11 is 4.56. The van der Waals surface area contributed by atoms with Crippen LogP contribution in [0.15, 0.2) is 0 Å². The van der Waals surface area contributed by atoms with Crippen LogP contribution in [0.3, 0.4) is 0 Å². The smallest absolute Gasteiger partial charge is 0.305 e. The number of alkyl halides is 1. The van der Waals surface area contributed by atoms with Gasteiger partial charge in [-0.1, -0.05) is 0 Å². The first-order valence-electron chi connectivity index (χ1n) is 5.34. The summed E-state index contributed by atoms with van der Waals surface area (Å²) in [5.41, 5.74) is 0. The Morgan fingerprint density at radius 2 is 2.06 bits per heavy atom. The molecule has 0 aromatic rings. The molecule has 0 spiro atoms. The van der Waals surface area contributed by atoms with Crippen LogP contribution in [0.5, 0.6) is 0 Å². The van der Waals surface area contributed by atoms with Crippen LogP contribution in [-0.2, 0) is 33.9 Å².